The Hall–Kier alpha value is -1.92. The zero-order chi connectivity index (χ0) is 15.4. The van der Waals surface area contributed by atoms with Crippen molar-refractivity contribution in [2.75, 3.05) is 5.75 Å². The smallest absolute Gasteiger partial charge is 0.123 e. The van der Waals surface area contributed by atoms with Gasteiger partial charge in [0.05, 0.1) is 12.5 Å². The van der Waals surface area contributed by atoms with Crippen molar-refractivity contribution in [1.82, 2.24) is 0 Å². The second-order valence-electron chi connectivity index (χ2n) is 5.74. The van der Waals surface area contributed by atoms with E-state index in [2.05, 4.69) is 43.3 Å². The van der Waals surface area contributed by atoms with Crippen LogP contribution in [0.25, 0.3) is 0 Å². The zero-order valence-electron chi connectivity index (χ0n) is 12.7. The number of benzene rings is 2. The second kappa shape index (κ2) is 6.89. The van der Waals surface area contributed by atoms with E-state index < -0.39 is 0 Å². The van der Waals surface area contributed by atoms with E-state index in [0.29, 0.717) is 12.3 Å². The maximum atomic E-state index is 8.79. The van der Waals surface area contributed by atoms with Crippen molar-refractivity contribution in [2.45, 2.75) is 30.8 Å². The summed E-state index contributed by atoms with van der Waals surface area (Å²) in [4.78, 5) is 1.31. The average molecular weight is 309 g/mol. The fraction of sp³-hybridized carbons (Fsp3) is 0.316. The molecule has 2 aromatic rings. The van der Waals surface area contributed by atoms with E-state index in [9.17, 15) is 0 Å². The molecule has 0 fully saturated rings. The van der Waals surface area contributed by atoms with E-state index in [4.69, 9.17) is 10.00 Å². The molecule has 3 rings (SSSR count). The summed E-state index contributed by atoms with van der Waals surface area (Å²) >= 11 is 1.88. The molecule has 0 spiro atoms. The molecule has 0 amide bonds. The van der Waals surface area contributed by atoms with Crippen LogP contribution in [0.5, 0.6) is 5.75 Å². The van der Waals surface area contributed by atoms with E-state index in [1.54, 1.807) is 0 Å². The van der Waals surface area contributed by atoms with E-state index in [1.807, 2.05) is 30.0 Å². The molecular formula is C19H19NOS. The normalized spacial score (nSPS) is 17.4. The minimum absolute atomic E-state index is 0.239. The number of ether oxygens (including phenoxy) is 1. The third-order valence-corrected chi connectivity index (χ3v) is 5.30. The summed E-state index contributed by atoms with van der Waals surface area (Å²) in [6, 6.07) is 18.9. The number of rotatable bonds is 5. The van der Waals surface area contributed by atoms with Gasteiger partial charge in [-0.3, -0.25) is 0 Å². The highest BCUT2D eigenvalue weighted by atomic mass is 32.2. The molecule has 0 aliphatic carbocycles. The highest BCUT2D eigenvalue weighted by molar-refractivity contribution is 7.99. The fourth-order valence-electron chi connectivity index (χ4n) is 2.67. The highest BCUT2D eigenvalue weighted by Crippen LogP contribution is 2.34. The van der Waals surface area contributed by atoms with E-state index in [0.717, 1.165) is 23.5 Å². The Labute approximate surface area is 136 Å². The van der Waals surface area contributed by atoms with Gasteiger partial charge in [0.25, 0.3) is 0 Å². The van der Waals surface area contributed by atoms with Gasteiger partial charge >= 0.3 is 0 Å². The molecule has 0 radical (unpaired) electrons. The summed E-state index contributed by atoms with van der Waals surface area (Å²) < 4.78 is 6.12. The molecule has 1 heterocycles. The van der Waals surface area contributed by atoms with Gasteiger partial charge in [-0.15, -0.1) is 11.8 Å². The Morgan fingerprint density at radius 3 is 2.86 bits per heavy atom. The van der Waals surface area contributed by atoms with Crippen LogP contribution >= 0.6 is 11.8 Å². The summed E-state index contributed by atoms with van der Waals surface area (Å²) in [5, 5.41) is 8.79. The van der Waals surface area contributed by atoms with Gasteiger partial charge < -0.3 is 4.74 Å². The number of hydrogen-bond acceptors (Lipinski definition) is 3. The predicted octanol–water partition coefficient (Wildman–Crippen LogP) is 4.48. The van der Waals surface area contributed by atoms with Crippen LogP contribution in [-0.2, 0) is 12.8 Å². The van der Waals surface area contributed by atoms with Crippen LogP contribution in [0, 0.1) is 17.2 Å². The Balaban J connectivity index is 1.59. The lowest BCUT2D eigenvalue weighted by Crippen LogP contribution is -2.24. The molecule has 22 heavy (non-hydrogen) atoms. The van der Waals surface area contributed by atoms with Gasteiger partial charge in [0.15, 0.2) is 0 Å². The topological polar surface area (TPSA) is 33.0 Å². The van der Waals surface area contributed by atoms with Crippen molar-refractivity contribution < 1.29 is 4.74 Å². The first kappa shape index (κ1) is 15.0. The molecule has 0 saturated carbocycles. The van der Waals surface area contributed by atoms with Crippen molar-refractivity contribution >= 4 is 11.8 Å². The summed E-state index contributed by atoms with van der Waals surface area (Å²) in [6.07, 6.45) is 1.66. The first-order valence-electron chi connectivity index (χ1n) is 7.59. The molecule has 0 bridgehead atoms. The van der Waals surface area contributed by atoms with Gasteiger partial charge in [-0.05, 0) is 29.3 Å². The summed E-state index contributed by atoms with van der Waals surface area (Å²) in [6.45, 7) is 2.25. The second-order valence-corrected chi connectivity index (χ2v) is 6.83. The minimum Gasteiger partial charge on any atom is -0.489 e. The molecular weight excluding hydrogens is 290 g/mol. The van der Waals surface area contributed by atoms with E-state index in [-0.39, 0.29) is 6.10 Å². The molecule has 112 valence electrons. The van der Waals surface area contributed by atoms with Crippen molar-refractivity contribution in [3.8, 4) is 11.8 Å². The number of nitrogens with zero attached hydrogens (tertiary/aromatic N) is 1. The first-order chi connectivity index (χ1) is 10.8. The van der Waals surface area contributed by atoms with Crippen molar-refractivity contribution in [3.05, 3.63) is 59.7 Å². The zero-order valence-corrected chi connectivity index (χ0v) is 13.5. The lowest BCUT2D eigenvalue weighted by molar-refractivity contribution is 0.181. The predicted molar refractivity (Wildman–Crippen MR) is 90.2 cm³/mol. The van der Waals surface area contributed by atoms with Crippen molar-refractivity contribution in [3.63, 3.8) is 0 Å². The monoisotopic (exact) mass is 309 g/mol. The summed E-state index contributed by atoms with van der Waals surface area (Å²) in [5.74, 6) is 2.50. The van der Waals surface area contributed by atoms with E-state index >= 15 is 0 Å². The number of hydrogen-bond donors (Lipinski definition) is 0. The van der Waals surface area contributed by atoms with Gasteiger partial charge in [-0.25, -0.2) is 0 Å². The molecule has 1 aliphatic heterocycles. The van der Waals surface area contributed by atoms with Gasteiger partial charge in [0.1, 0.15) is 11.9 Å². The van der Waals surface area contributed by atoms with Gasteiger partial charge in [-0.2, -0.15) is 5.26 Å². The lowest BCUT2D eigenvalue weighted by Gasteiger charge is -2.18. The van der Waals surface area contributed by atoms with Crippen LogP contribution in [-0.4, -0.2) is 11.9 Å². The molecule has 0 saturated heterocycles. The van der Waals surface area contributed by atoms with Gasteiger partial charge in [-0.1, -0.05) is 37.3 Å². The van der Waals surface area contributed by atoms with Crippen LogP contribution in [0.1, 0.15) is 18.1 Å². The molecule has 3 heteroatoms. The Morgan fingerprint density at radius 1 is 1.27 bits per heavy atom. The van der Waals surface area contributed by atoms with Crippen LogP contribution in [0.2, 0.25) is 0 Å². The molecule has 2 aromatic carbocycles. The number of nitriles is 1. The van der Waals surface area contributed by atoms with Crippen LogP contribution in [0.3, 0.4) is 0 Å². The Morgan fingerprint density at radius 2 is 2.09 bits per heavy atom. The number of thioether (sulfide) groups is 1. The number of fused-ring (bicyclic) bond motifs is 1. The molecule has 0 unspecified atom stereocenters. The maximum Gasteiger partial charge on any atom is 0.123 e. The fourth-order valence-corrected chi connectivity index (χ4v) is 3.69. The van der Waals surface area contributed by atoms with Gasteiger partial charge in [0.2, 0.25) is 0 Å². The largest absolute Gasteiger partial charge is 0.489 e. The summed E-state index contributed by atoms with van der Waals surface area (Å²) in [5.41, 5.74) is 2.30. The standard InChI is InChI=1S/C19H19NOS/c1-14(13-22-17-5-3-2-4-6-17)18-12-16-8-7-15(9-10-20)11-19(16)21-18/h2-8,11,14,18H,9,12-13H2,1H3/t14-,18+/m0/s1. The first-order valence-corrected chi connectivity index (χ1v) is 8.58. The highest BCUT2D eigenvalue weighted by Gasteiger charge is 2.27. The quantitative estimate of drug-likeness (QED) is 0.763. The Kier molecular flexibility index (Phi) is 4.70. The summed E-state index contributed by atoms with van der Waals surface area (Å²) in [7, 11) is 0. The van der Waals surface area contributed by atoms with Crippen LogP contribution in [0.15, 0.2) is 53.4 Å². The maximum absolute atomic E-state index is 8.79. The molecule has 2 nitrogen and oxygen atoms in total. The molecule has 0 aromatic heterocycles. The van der Waals surface area contributed by atoms with Crippen molar-refractivity contribution in [1.29, 1.82) is 5.26 Å². The van der Waals surface area contributed by atoms with Crippen LogP contribution < -0.4 is 4.74 Å². The van der Waals surface area contributed by atoms with Crippen molar-refractivity contribution in [2.24, 2.45) is 5.92 Å². The molecule has 2 atom stereocenters. The third kappa shape index (κ3) is 3.45. The SMILES string of the molecule is C[C@@H](CSc1ccccc1)[C@H]1Cc2ccc(CC#N)cc2O1. The van der Waals surface area contributed by atoms with Crippen LogP contribution in [0.4, 0.5) is 0 Å². The molecule has 0 N–H and O–H groups in total. The molecule has 1 aliphatic rings. The Bertz CT molecular complexity index is 678. The average Bonchev–Trinajstić information content (AvgIpc) is 2.97. The third-order valence-electron chi connectivity index (χ3n) is 4.00. The minimum atomic E-state index is 0.239. The van der Waals surface area contributed by atoms with E-state index in [1.165, 1.54) is 10.5 Å². The van der Waals surface area contributed by atoms with Gasteiger partial charge in [0, 0.05) is 23.0 Å². The lowest BCUT2D eigenvalue weighted by atomic mass is 10.0.